The van der Waals surface area contributed by atoms with E-state index in [1.165, 1.54) is 6.07 Å². The van der Waals surface area contributed by atoms with E-state index in [1.807, 2.05) is 24.3 Å². The Morgan fingerprint density at radius 3 is 2.80 bits per heavy atom. The number of benzene rings is 2. The van der Waals surface area contributed by atoms with Gasteiger partial charge in [-0.25, -0.2) is 4.39 Å². The zero-order chi connectivity index (χ0) is 17.6. The summed E-state index contributed by atoms with van der Waals surface area (Å²) in [6.45, 7) is 3.08. The molecule has 25 heavy (non-hydrogen) atoms. The second-order valence-electron chi connectivity index (χ2n) is 6.51. The van der Waals surface area contributed by atoms with Gasteiger partial charge in [0.2, 0.25) is 0 Å². The monoisotopic (exact) mass is 344 g/mol. The van der Waals surface area contributed by atoms with Crippen molar-refractivity contribution in [2.75, 3.05) is 20.2 Å². The highest BCUT2D eigenvalue weighted by molar-refractivity contribution is 5.45. The van der Waals surface area contributed by atoms with Gasteiger partial charge in [0, 0.05) is 36.8 Å². The van der Waals surface area contributed by atoms with Crippen molar-refractivity contribution in [1.82, 2.24) is 10.2 Å². The molecule has 0 aromatic heterocycles. The van der Waals surface area contributed by atoms with Gasteiger partial charge in [-0.3, -0.25) is 4.90 Å². The van der Waals surface area contributed by atoms with Crippen molar-refractivity contribution < 1.29 is 14.2 Å². The lowest BCUT2D eigenvalue weighted by Crippen LogP contribution is -2.45. The van der Waals surface area contributed by atoms with Crippen molar-refractivity contribution in [1.29, 1.82) is 0 Å². The van der Waals surface area contributed by atoms with Crippen LogP contribution >= 0.6 is 0 Å². The van der Waals surface area contributed by atoms with Crippen LogP contribution in [0.5, 0.6) is 11.5 Å². The third kappa shape index (κ3) is 4.50. The minimum absolute atomic E-state index is 0.140. The van der Waals surface area contributed by atoms with Crippen LogP contribution in [0, 0.1) is 5.82 Å². The number of methoxy groups -OCH3 is 1. The van der Waals surface area contributed by atoms with Crippen molar-refractivity contribution in [3.05, 3.63) is 59.4 Å². The number of rotatable bonds is 6. The molecular formula is C20H25FN2O2. The highest BCUT2D eigenvalue weighted by Gasteiger charge is 2.21. The van der Waals surface area contributed by atoms with Gasteiger partial charge in [0.1, 0.15) is 5.82 Å². The van der Waals surface area contributed by atoms with E-state index in [9.17, 15) is 9.50 Å². The van der Waals surface area contributed by atoms with Crippen molar-refractivity contribution in [3.8, 4) is 11.5 Å². The molecule has 134 valence electrons. The summed E-state index contributed by atoms with van der Waals surface area (Å²) >= 11 is 0. The summed E-state index contributed by atoms with van der Waals surface area (Å²) in [5, 5.41) is 13.7. The Bertz CT molecular complexity index is 708. The number of phenols is 1. The molecule has 2 aromatic carbocycles. The quantitative estimate of drug-likeness (QED) is 0.844. The second kappa shape index (κ2) is 8.32. The van der Waals surface area contributed by atoms with Crippen molar-refractivity contribution >= 4 is 0 Å². The Labute approximate surface area is 148 Å². The third-order valence-corrected chi connectivity index (χ3v) is 4.74. The summed E-state index contributed by atoms with van der Waals surface area (Å²) in [6.07, 6.45) is 2.16. The van der Waals surface area contributed by atoms with Gasteiger partial charge in [0.15, 0.2) is 11.5 Å². The summed E-state index contributed by atoms with van der Waals surface area (Å²) in [5.41, 5.74) is 1.57. The number of para-hydroxylation sites is 1. The first-order chi connectivity index (χ1) is 12.2. The molecule has 0 amide bonds. The maximum Gasteiger partial charge on any atom is 0.162 e. The van der Waals surface area contributed by atoms with E-state index in [0.717, 1.165) is 37.1 Å². The number of likely N-dealkylation sites (tertiary alicyclic amines) is 1. The largest absolute Gasteiger partial charge is 0.504 e. The van der Waals surface area contributed by atoms with Gasteiger partial charge in [-0.1, -0.05) is 30.3 Å². The van der Waals surface area contributed by atoms with E-state index in [0.29, 0.717) is 24.9 Å². The Morgan fingerprint density at radius 2 is 2.00 bits per heavy atom. The van der Waals surface area contributed by atoms with Crippen LogP contribution in [-0.4, -0.2) is 36.2 Å². The molecule has 1 fully saturated rings. The average molecular weight is 344 g/mol. The number of hydrogen-bond donors (Lipinski definition) is 2. The first-order valence-corrected chi connectivity index (χ1v) is 8.71. The van der Waals surface area contributed by atoms with Gasteiger partial charge in [-0.2, -0.15) is 0 Å². The molecule has 0 spiro atoms. The smallest absolute Gasteiger partial charge is 0.162 e. The molecular weight excluding hydrogens is 319 g/mol. The Morgan fingerprint density at radius 1 is 1.20 bits per heavy atom. The molecule has 1 unspecified atom stereocenters. The Balaban J connectivity index is 1.56. The lowest BCUT2D eigenvalue weighted by Gasteiger charge is -2.33. The van der Waals surface area contributed by atoms with E-state index in [4.69, 9.17) is 4.74 Å². The van der Waals surface area contributed by atoms with Crippen molar-refractivity contribution in [2.24, 2.45) is 0 Å². The number of nitrogens with one attached hydrogen (secondary N) is 1. The average Bonchev–Trinajstić information content (AvgIpc) is 2.63. The number of nitrogens with zero attached hydrogens (tertiary/aromatic N) is 1. The van der Waals surface area contributed by atoms with E-state index in [2.05, 4.69) is 10.2 Å². The molecule has 1 heterocycles. The summed E-state index contributed by atoms with van der Waals surface area (Å²) in [6, 6.07) is 12.8. The van der Waals surface area contributed by atoms with Crippen LogP contribution in [0.4, 0.5) is 4.39 Å². The zero-order valence-corrected chi connectivity index (χ0v) is 14.5. The molecule has 0 aliphatic carbocycles. The molecule has 2 aromatic rings. The number of piperidine rings is 1. The van der Waals surface area contributed by atoms with Gasteiger partial charge in [-0.15, -0.1) is 0 Å². The maximum atomic E-state index is 13.8. The van der Waals surface area contributed by atoms with Gasteiger partial charge in [0.05, 0.1) is 7.11 Å². The molecule has 5 heteroatoms. The Kier molecular flexibility index (Phi) is 5.89. The Hall–Kier alpha value is -2.11. The predicted octanol–water partition coefficient (Wildman–Crippen LogP) is 3.29. The first kappa shape index (κ1) is 17.7. The molecule has 0 radical (unpaired) electrons. The SMILES string of the molecule is COc1cccc(CNC2CCCN(Cc3ccccc3F)C2)c1O. The van der Waals surface area contributed by atoms with E-state index < -0.39 is 0 Å². The summed E-state index contributed by atoms with van der Waals surface area (Å²) in [4.78, 5) is 2.28. The number of phenolic OH excluding ortho intramolecular Hbond substituents is 1. The summed E-state index contributed by atoms with van der Waals surface area (Å²) in [7, 11) is 1.55. The fourth-order valence-electron chi connectivity index (χ4n) is 3.36. The van der Waals surface area contributed by atoms with Gasteiger partial charge in [0.25, 0.3) is 0 Å². The number of aromatic hydroxyl groups is 1. The van der Waals surface area contributed by atoms with E-state index in [1.54, 1.807) is 19.2 Å². The van der Waals surface area contributed by atoms with Crippen LogP contribution in [0.25, 0.3) is 0 Å². The lowest BCUT2D eigenvalue weighted by molar-refractivity contribution is 0.180. The first-order valence-electron chi connectivity index (χ1n) is 8.71. The minimum Gasteiger partial charge on any atom is -0.504 e. The van der Waals surface area contributed by atoms with Crippen molar-refractivity contribution in [2.45, 2.75) is 32.0 Å². The van der Waals surface area contributed by atoms with Gasteiger partial charge >= 0.3 is 0 Å². The number of halogens is 1. The van der Waals surface area contributed by atoms with E-state index >= 15 is 0 Å². The summed E-state index contributed by atoms with van der Waals surface area (Å²) in [5.74, 6) is 0.541. The normalized spacial score (nSPS) is 18.2. The molecule has 0 bridgehead atoms. The van der Waals surface area contributed by atoms with Crippen LogP contribution in [-0.2, 0) is 13.1 Å². The molecule has 0 saturated carbocycles. The van der Waals surface area contributed by atoms with Crippen LogP contribution in [0.3, 0.4) is 0 Å². The van der Waals surface area contributed by atoms with Crippen LogP contribution in [0.15, 0.2) is 42.5 Å². The molecule has 4 nitrogen and oxygen atoms in total. The molecule has 1 aliphatic heterocycles. The molecule has 1 atom stereocenters. The number of hydrogen-bond acceptors (Lipinski definition) is 4. The summed E-state index contributed by atoms with van der Waals surface area (Å²) < 4.78 is 19.0. The molecule has 1 aliphatic rings. The van der Waals surface area contributed by atoms with Crippen LogP contribution in [0.2, 0.25) is 0 Å². The molecule has 2 N–H and O–H groups in total. The fraction of sp³-hybridized carbons (Fsp3) is 0.400. The molecule has 1 saturated heterocycles. The van der Waals surface area contributed by atoms with Gasteiger partial charge in [-0.05, 0) is 31.5 Å². The van der Waals surface area contributed by atoms with E-state index in [-0.39, 0.29) is 11.6 Å². The highest BCUT2D eigenvalue weighted by atomic mass is 19.1. The van der Waals surface area contributed by atoms with Crippen LogP contribution in [0.1, 0.15) is 24.0 Å². The van der Waals surface area contributed by atoms with Gasteiger partial charge < -0.3 is 15.2 Å². The highest BCUT2D eigenvalue weighted by Crippen LogP contribution is 2.29. The van der Waals surface area contributed by atoms with Crippen molar-refractivity contribution in [3.63, 3.8) is 0 Å². The standard InChI is InChI=1S/C20H25FN2O2/c1-25-19-10-4-7-15(20(19)24)12-22-17-8-5-11-23(14-17)13-16-6-2-3-9-18(16)21/h2-4,6-7,9-10,17,22,24H,5,8,11-14H2,1H3. The minimum atomic E-state index is -0.140. The number of ether oxygens (including phenoxy) is 1. The lowest BCUT2D eigenvalue weighted by atomic mass is 10.0. The molecule has 3 rings (SSSR count). The predicted molar refractivity (Wildman–Crippen MR) is 96.2 cm³/mol. The topological polar surface area (TPSA) is 44.7 Å². The third-order valence-electron chi connectivity index (χ3n) is 4.74. The zero-order valence-electron chi connectivity index (χ0n) is 14.5. The van der Waals surface area contributed by atoms with Crippen LogP contribution < -0.4 is 10.1 Å². The maximum absolute atomic E-state index is 13.8. The fourth-order valence-corrected chi connectivity index (χ4v) is 3.36. The second-order valence-corrected chi connectivity index (χ2v) is 6.51.